The van der Waals surface area contributed by atoms with Crippen LogP contribution >= 0.6 is 22.6 Å². The molecule has 0 aliphatic carbocycles. The van der Waals surface area contributed by atoms with Crippen molar-refractivity contribution in [3.63, 3.8) is 0 Å². The number of hydrogen-bond acceptors (Lipinski definition) is 3. The van der Waals surface area contributed by atoms with Gasteiger partial charge >= 0.3 is 0 Å². The molecule has 0 bridgehead atoms. The largest absolute Gasteiger partial charge is 0.397 e. The fraction of sp³-hybridized carbons (Fsp3) is 0.111. The van der Waals surface area contributed by atoms with Crippen LogP contribution in [-0.4, -0.2) is 5.78 Å². The number of hydrogen-bond donors (Lipinski definition) is 1. The predicted molar refractivity (Wildman–Crippen MR) is 58.3 cm³/mol. The fourth-order valence-corrected chi connectivity index (χ4v) is 1.54. The van der Waals surface area contributed by atoms with E-state index in [1.54, 1.807) is 6.07 Å². The number of benzene rings is 1. The van der Waals surface area contributed by atoms with E-state index in [9.17, 15) is 4.79 Å². The number of nitriles is 1. The van der Waals surface area contributed by atoms with Crippen LogP contribution in [0.5, 0.6) is 0 Å². The third-order valence-corrected chi connectivity index (χ3v) is 2.55. The molecule has 1 aromatic rings. The first kappa shape index (κ1) is 9.99. The summed E-state index contributed by atoms with van der Waals surface area (Å²) in [6.07, 6.45) is 0. The van der Waals surface area contributed by atoms with E-state index in [1.807, 2.05) is 28.7 Å². The number of anilines is 1. The lowest BCUT2D eigenvalue weighted by atomic mass is 10.1. The van der Waals surface area contributed by atoms with Gasteiger partial charge in [0.25, 0.3) is 0 Å². The molecule has 2 N–H and O–H groups in total. The summed E-state index contributed by atoms with van der Waals surface area (Å²) in [5.74, 6) is -0.0607. The Balaban J connectivity index is 3.41. The Hall–Kier alpha value is -1.09. The number of halogens is 1. The predicted octanol–water partition coefficient (Wildman–Crippen LogP) is 1.95. The zero-order valence-corrected chi connectivity index (χ0v) is 9.12. The van der Waals surface area contributed by atoms with E-state index >= 15 is 0 Å². The van der Waals surface area contributed by atoms with Crippen molar-refractivity contribution in [2.45, 2.75) is 6.92 Å². The van der Waals surface area contributed by atoms with Crippen LogP contribution in [0.2, 0.25) is 0 Å². The highest BCUT2D eigenvalue weighted by Gasteiger charge is 2.07. The molecule has 0 heterocycles. The van der Waals surface area contributed by atoms with E-state index in [0.717, 1.165) is 3.57 Å². The highest BCUT2D eigenvalue weighted by Crippen LogP contribution is 2.21. The second-order valence-electron chi connectivity index (χ2n) is 2.59. The molecule has 0 atom stereocenters. The van der Waals surface area contributed by atoms with Crippen LogP contribution < -0.4 is 5.73 Å². The fourth-order valence-electron chi connectivity index (χ4n) is 0.914. The van der Waals surface area contributed by atoms with Crippen molar-refractivity contribution in [2.75, 3.05) is 5.73 Å². The number of nitrogens with two attached hydrogens (primary N) is 1. The first-order chi connectivity index (χ1) is 6.06. The Labute approximate surface area is 89.7 Å². The molecule has 0 aliphatic heterocycles. The molecule has 1 rings (SSSR count). The Morgan fingerprint density at radius 1 is 1.62 bits per heavy atom. The van der Waals surface area contributed by atoms with Gasteiger partial charge in [0, 0.05) is 9.13 Å². The molecule has 0 spiro atoms. The summed E-state index contributed by atoms with van der Waals surface area (Å²) >= 11 is 2.00. The molecule has 0 unspecified atom stereocenters. The van der Waals surface area contributed by atoms with Crippen molar-refractivity contribution in [3.8, 4) is 6.07 Å². The van der Waals surface area contributed by atoms with Gasteiger partial charge < -0.3 is 5.73 Å². The normalized spacial score (nSPS) is 9.31. The zero-order chi connectivity index (χ0) is 10.0. The molecule has 66 valence electrons. The Kier molecular flexibility index (Phi) is 2.88. The Morgan fingerprint density at radius 3 is 2.69 bits per heavy atom. The van der Waals surface area contributed by atoms with Crippen molar-refractivity contribution in [1.82, 2.24) is 0 Å². The van der Waals surface area contributed by atoms with Crippen molar-refractivity contribution >= 4 is 34.1 Å². The number of ketones is 1. The maximum atomic E-state index is 11.0. The summed E-state index contributed by atoms with van der Waals surface area (Å²) in [7, 11) is 0. The first-order valence-electron chi connectivity index (χ1n) is 3.56. The van der Waals surface area contributed by atoms with Gasteiger partial charge in [0.15, 0.2) is 5.78 Å². The van der Waals surface area contributed by atoms with Gasteiger partial charge in [-0.1, -0.05) is 0 Å². The van der Waals surface area contributed by atoms with Crippen LogP contribution in [0.4, 0.5) is 5.69 Å². The Bertz CT molecular complexity index is 407. The van der Waals surface area contributed by atoms with E-state index in [1.165, 1.54) is 13.0 Å². The first-order valence-corrected chi connectivity index (χ1v) is 4.64. The van der Waals surface area contributed by atoms with Crippen molar-refractivity contribution in [2.24, 2.45) is 0 Å². The molecule has 13 heavy (non-hydrogen) atoms. The lowest BCUT2D eigenvalue weighted by Gasteiger charge is -2.03. The number of nitrogens with zero attached hydrogens (tertiary/aromatic N) is 1. The highest BCUT2D eigenvalue weighted by atomic mass is 127. The molecule has 0 amide bonds. The SMILES string of the molecule is CC(=O)c1cc(I)c(N)c(C#N)c1. The zero-order valence-electron chi connectivity index (χ0n) is 6.97. The summed E-state index contributed by atoms with van der Waals surface area (Å²) in [6.45, 7) is 1.46. The average molecular weight is 286 g/mol. The van der Waals surface area contributed by atoms with Crippen molar-refractivity contribution < 1.29 is 4.79 Å². The molecule has 0 aromatic heterocycles. The van der Waals surface area contributed by atoms with Crippen molar-refractivity contribution in [3.05, 3.63) is 26.8 Å². The second kappa shape index (κ2) is 3.75. The van der Waals surface area contributed by atoms with Crippen LogP contribution in [0.25, 0.3) is 0 Å². The van der Waals surface area contributed by atoms with Crippen LogP contribution in [-0.2, 0) is 0 Å². The van der Waals surface area contributed by atoms with E-state index in [4.69, 9.17) is 11.0 Å². The van der Waals surface area contributed by atoms with E-state index in [-0.39, 0.29) is 5.78 Å². The lowest BCUT2D eigenvalue weighted by Crippen LogP contribution is -1.99. The molecule has 4 heteroatoms. The molecule has 0 radical (unpaired) electrons. The van der Waals surface area contributed by atoms with Gasteiger partial charge in [0.2, 0.25) is 0 Å². The molecule has 0 saturated heterocycles. The highest BCUT2D eigenvalue weighted by molar-refractivity contribution is 14.1. The van der Waals surface area contributed by atoms with Gasteiger partial charge in [-0.05, 0) is 41.6 Å². The maximum Gasteiger partial charge on any atom is 0.159 e. The summed E-state index contributed by atoms with van der Waals surface area (Å²) in [6, 6.07) is 5.14. The van der Waals surface area contributed by atoms with Crippen LogP contribution in [0.3, 0.4) is 0 Å². The molecule has 1 aromatic carbocycles. The summed E-state index contributed by atoms with van der Waals surface area (Å²) in [5, 5.41) is 8.70. The van der Waals surface area contributed by atoms with Crippen LogP contribution in [0.15, 0.2) is 12.1 Å². The quantitative estimate of drug-likeness (QED) is 0.487. The van der Waals surface area contributed by atoms with Gasteiger partial charge in [0.1, 0.15) is 6.07 Å². The molecule has 0 saturated carbocycles. The van der Waals surface area contributed by atoms with Gasteiger partial charge in [0.05, 0.1) is 11.3 Å². The minimum absolute atomic E-state index is 0.0607. The molecule has 3 nitrogen and oxygen atoms in total. The van der Waals surface area contributed by atoms with Crippen LogP contribution in [0, 0.1) is 14.9 Å². The summed E-state index contributed by atoms with van der Waals surface area (Å²) < 4.78 is 0.738. The number of rotatable bonds is 1. The van der Waals surface area contributed by atoms with Crippen molar-refractivity contribution in [1.29, 1.82) is 5.26 Å². The molecule has 0 aliphatic rings. The number of Topliss-reactive ketones (excluding diaryl/α,β-unsaturated/α-hetero) is 1. The van der Waals surface area contributed by atoms with Gasteiger partial charge in [-0.2, -0.15) is 5.26 Å². The molecular formula is C9H7IN2O. The van der Waals surface area contributed by atoms with Gasteiger partial charge in [-0.3, -0.25) is 4.79 Å². The van der Waals surface area contributed by atoms with Gasteiger partial charge in [-0.15, -0.1) is 0 Å². The second-order valence-corrected chi connectivity index (χ2v) is 3.75. The lowest BCUT2D eigenvalue weighted by molar-refractivity contribution is 0.101. The minimum atomic E-state index is -0.0607. The summed E-state index contributed by atoms with van der Waals surface area (Å²) in [5.41, 5.74) is 6.94. The van der Waals surface area contributed by atoms with Gasteiger partial charge in [-0.25, -0.2) is 0 Å². The third kappa shape index (κ3) is 1.98. The number of carbonyl (C=O) groups is 1. The average Bonchev–Trinajstić information content (AvgIpc) is 2.09. The van der Waals surface area contributed by atoms with E-state index in [0.29, 0.717) is 16.8 Å². The van der Waals surface area contributed by atoms with E-state index < -0.39 is 0 Å². The molecule has 0 fully saturated rings. The summed E-state index contributed by atoms with van der Waals surface area (Å²) in [4.78, 5) is 11.0. The molecular weight excluding hydrogens is 279 g/mol. The monoisotopic (exact) mass is 286 g/mol. The Morgan fingerprint density at radius 2 is 2.23 bits per heavy atom. The minimum Gasteiger partial charge on any atom is -0.397 e. The standard InChI is InChI=1S/C9H7IN2O/c1-5(13)6-2-7(4-11)9(12)8(10)3-6/h2-3H,12H2,1H3. The number of nitrogen functional groups attached to an aromatic ring is 1. The van der Waals surface area contributed by atoms with E-state index in [2.05, 4.69) is 0 Å². The number of carbonyl (C=O) groups excluding carboxylic acids is 1. The smallest absolute Gasteiger partial charge is 0.159 e. The van der Waals surface area contributed by atoms with Crippen LogP contribution in [0.1, 0.15) is 22.8 Å². The maximum absolute atomic E-state index is 11.0. The topological polar surface area (TPSA) is 66.9 Å². The third-order valence-electron chi connectivity index (χ3n) is 1.66.